The van der Waals surface area contributed by atoms with E-state index in [0.29, 0.717) is 23.1 Å². The zero-order chi connectivity index (χ0) is 16.8. The summed E-state index contributed by atoms with van der Waals surface area (Å²) < 4.78 is 18.8. The van der Waals surface area contributed by atoms with Gasteiger partial charge in [0.25, 0.3) is 0 Å². The van der Waals surface area contributed by atoms with Gasteiger partial charge in [-0.15, -0.1) is 11.3 Å². The summed E-state index contributed by atoms with van der Waals surface area (Å²) in [6.07, 6.45) is 1.53. The maximum atomic E-state index is 13.4. The zero-order valence-electron chi connectivity index (χ0n) is 13.1. The van der Waals surface area contributed by atoms with Gasteiger partial charge >= 0.3 is 0 Å². The molecule has 0 amide bonds. The number of hydrogen-bond acceptors (Lipinski definition) is 5. The molecule has 0 atom stereocenters. The van der Waals surface area contributed by atoms with Crippen LogP contribution in [-0.2, 0) is 0 Å². The van der Waals surface area contributed by atoms with E-state index in [1.807, 2.05) is 42.6 Å². The molecule has 2 aromatic carbocycles. The van der Waals surface area contributed by atoms with Crippen molar-refractivity contribution in [3.8, 4) is 17.0 Å². The van der Waals surface area contributed by atoms with Crippen molar-refractivity contribution in [1.29, 1.82) is 0 Å². The third-order valence-corrected chi connectivity index (χ3v) is 3.96. The Bertz CT molecular complexity index is 833. The van der Waals surface area contributed by atoms with Crippen LogP contribution in [0, 0.1) is 5.82 Å². The summed E-state index contributed by atoms with van der Waals surface area (Å²) >= 11 is 1.46. The van der Waals surface area contributed by atoms with Crippen molar-refractivity contribution in [2.45, 2.75) is 6.92 Å². The highest BCUT2D eigenvalue weighted by molar-refractivity contribution is 7.14. The normalized spacial score (nSPS) is 10.9. The van der Waals surface area contributed by atoms with E-state index in [1.165, 1.54) is 29.7 Å². The zero-order valence-corrected chi connectivity index (χ0v) is 13.9. The van der Waals surface area contributed by atoms with Crippen LogP contribution in [0.3, 0.4) is 0 Å². The molecule has 0 fully saturated rings. The molecule has 0 radical (unpaired) electrons. The Morgan fingerprint density at radius 1 is 1.25 bits per heavy atom. The van der Waals surface area contributed by atoms with Crippen LogP contribution >= 0.6 is 11.3 Å². The molecular weight excluding hydrogens is 325 g/mol. The van der Waals surface area contributed by atoms with Gasteiger partial charge in [-0.05, 0) is 25.1 Å². The number of ether oxygens (including phenoxy) is 1. The average molecular weight is 341 g/mol. The Morgan fingerprint density at radius 2 is 2.08 bits per heavy atom. The summed E-state index contributed by atoms with van der Waals surface area (Å²) in [4.78, 5) is 4.48. The quantitative estimate of drug-likeness (QED) is 0.518. The minimum Gasteiger partial charge on any atom is -0.493 e. The van der Waals surface area contributed by atoms with Crippen molar-refractivity contribution in [2.24, 2.45) is 5.10 Å². The Labute approximate surface area is 143 Å². The van der Waals surface area contributed by atoms with Gasteiger partial charge in [-0.1, -0.05) is 30.3 Å². The average Bonchev–Trinajstić information content (AvgIpc) is 3.07. The lowest BCUT2D eigenvalue weighted by Crippen LogP contribution is -1.98. The molecule has 3 aromatic rings. The van der Waals surface area contributed by atoms with Gasteiger partial charge in [0.1, 0.15) is 11.6 Å². The van der Waals surface area contributed by atoms with Gasteiger partial charge in [-0.3, -0.25) is 5.43 Å². The Kier molecular flexibility index (Phi) is 5.18. The van der Waals surface area contributed by atoms with Gasteiger partial charge in [-0.2, -0.15) is 5.10 Å². The molecule has 0 spiro atoms. The lowest BCUT2D eigenvalue weighted by Gasteiger charge is -2.06. The van der Waals surface area contributed by atoms with Gasteiger partial charge in [0.15, 0.2) is 0 Å². The van der Waals surface area contributed by atoms with E-state index < -0.39 is 0 Å². The van der Waals surface area contributed by atoms with Crippen molar-refractivity contribution >= 4 is 22.7 Å². The van der Waals surface area contributed by atoms with Crippen LogP contribution in [0.1, 0.15) is 12.5 Å². The van der Waals surface area contributed by atoms with Crippen molar-refractivity contribution in [2.75, 3.05) is 12.0 Å². The maximum Gasteiger partial charge on any atom is 0.203 e. The molecule has 1 aromatic heterocycles. The van der Waals surface area contributed by atoms with Crippen LogP contribution in [0.2, 0.25) is 0 Å². The molecule has 0 saturated carbocycles. The van der Waals surface area contributed by atoms with Crippen molar-refractivity contribution in [1.82, 2.24) is 4.98 Å². The number of benzene rings is 2. The Morgan fingerprint density at radius 3 is 2.88 bits per heavy atom. The van der Waals surface area contributed by atoms with Crippen LogP contribution in [0.4, 0.5) is 9.52 Å². The molecule has 122 valence electrons. The summed E-state index contributed by atoms with van der Waals surface area (Å²) in [5.74, 6) is 0.258. The van der Waals surface area contributed by atoms with Gasteiger partial charge in [-0.25, -0.2) is 9.37 Å². The molecule has 0 saturated heterocycles. The first-order valence-electron chi connectivity index (χ1n) is 7.48. The number of hydrazone groups is 1. The molecular formula is C18H16FN3OS. The summed E-state index contributed by atoms with van der Waals surface area (Å²) in [6, 6.07) is 14.3. The predicted molar refractivity (Wildman–Crippen MR) is 96.3 cm³/mol. The second kappa shape index (κ2) is 7.70. The van der Waals surface area contributed by atoms with Gasteiger partial charge in [0.05, 0.1) is 18.5 Å². The molecule has 0 aliphatic carbocycles. The molecule has 3 rings (SSSR count). The number of halogens is 1. The van der Waals surface area contributed by atoms with Crippen molar-refractivity contribution < 1.29 is 9.13 Å². The van der Waals surface area contributed by atoms with Gasteiger partial charge in [0, 0.05) is 16.5 Å². The molecule has 6 heteroatoms. The monoisotopic (exact) mass is 341 g/mol. The van der Waals surface area contributed by atoms with Crippen molar-refractivity contribution in [3.63, 3.8) is 0 Å². The van der Waals surface area contributed by atoms with Crippen LogP contribution < -0.4 is 10.2 Å². The summed E-state index contributed by atoms with van der Waals surface area (Å²) in [5, 5.41) is 6.75. The topological polar surface area (TPSA) is 46.5 Å². The lowest BCUT2D eigenvalue weighted by atomic mass is 10.2. The maximum absolute atomic E-state index is 13.4. The third kappa shape index (κ3) is 3.97. The number of nitrogens with zero attached hydrogens (tertiary/aromatic N) is 2. The van der Waals surface area contributed by atoms with E-state index >= 15 is 0 Å². The fourth-order valence-corrected chi connectivity index (χ4v) is 2.80. The number of nitrogens with one attached hydrogen (secondary N) is 1. The lowest BCUT2D eigenvalue weighted by molar-refractivity contribution is 0.339. The second-order valence-electron chi connectivity index (χ2n) is 4.89. The SMILES string of the molecule is CCOc1ccc(F)cc1C=NNc1nc(-c2ccccc2)cs1. The van der Waals surface area contributed by atoms with E-state index in [1.54, 1.807) is 6.07 Å². The first kappa shape index (κ1) is 16.1. The molecule has 1 N–H and O–H groups in total. The molecule has 0 bridgehead atoms. The van der Waals surface area contributed by atoms with E-state index in [-0.39, 0.29) is 5.82 Å². The first-order chi connectivity index (χ1) is 11.8. The minimum absolute atomic E-state index is 0.333. The molecule has 0 aliphatic rings. The second-order valence-corrected chi connectivity index (χ2v) is 5.75. The molecule has 1 heterocycles. The van der Waals surface area contributed by atoms with Crippen LogP contribution in [0.15, 0.2) is 59.0 Å². The molecule has 24 heavy (non-hydrogen) atoms. The third-order valence-electron chi connectivity index (χ3n) is 3.21. The summed E-state index contributed by atoms with van der Waals surface area (Å²) in [5.41, 5.74) is 5.38. The van der Waals surface area contributed by atoms with E-state index in [2.05, 4.69) is 15.5 Å². The predicted octanol–water partition coefficient (Wildman–Crippen LogP) is 4.79. The highest BCUT2D eigenvalue weighted by Gasteiger charge is 2.04. The fraction of sp³-hybridized carbons (Fsp3) is 0.111. The van der Waals surface area contributed by atoms with E-state index in [4.69, 9.17) is 4.74 Å². The highest BCUT2D eigenvalue weighted by Crippen LogP contribution is 2.24. The van der Waals surface area contributed by atoms with Crippen molar-refractivity contribution in [3.05, 3.63) is 65.3 Å². The number of aromatic nitrogens is 1. The Hall–Kier alpha value is -2.73. The summed E-state index contributed by atoms with van der Waals surface area (Å²) in [7, 11) is 0. The molecule has 0 aliphatic heterocycles. The van der Waals surface area contributed by atoms with Gasteiger partial charge in [0.2, 0.25) is 5.13 Å². The fourth-order valence-electron chi connectivity index (χ4n) is 2.13. The van der Waals surface area contributed by atoms with E-state index in [0.717, 1.165) is 11.3 Å². The summed E-state index contributed by atoms with van der Waals surface area (Å²) in [6.45, 7) is 2.38. The Balaban J connectivity index is 1.71. The number of rotatable bonds is 6. The standard InChI is InChI=1S/C18H16FN3OS/c1-2-23-17-9-8-15(19)10-14(17)11-20-22-18-21-16(12-24-18)13-6-4-3-5-7-13/h3-12H,2H2,1H3,(H,21,22). The van der Waals surface area contributed by atoms with Crippen LogP contribution in [-0.4, -0.2) is 17.8 Å². The number of thiazole rings is 1. The highest BCUT2D eigenvalue weighted by atomic mass is 32.1. The van der Waals surface area contributed by atoms with Crippen LogP contribution in [0.25, 0.3) is 11.3 Å². The van der Waals surface area contributed by atoms with Gasteiger partial charge < -0.3 is 4.74 Å². The smallest absolute Gasteiger partial charge is 0.203 e. The molecule has 0 unspecified atom stereocenters. The largest absolute Gasteiger partial charge is 0.493 e. The van der Waals surface area contributed by atoms with E-state index in [9.17, 15) is 4.39 Å². The number of anilines is 1. The van der Waals surface area contributed by atoms with Crippen LogP contribution in [0.5, 0.6) is 5.75 Å². The minimum atomic E-state index is -0.333. The first-order valence-corrected chi connectivity index (χ1v) is 8.36. The molecule has 4 nitrogen and oxygen atoms in total. The number of hydrogen-bond donors (Lipinski definition) is 1.